The van der Waals surface area contributed by atoms with Crippen molar-refractivity contribution in [1.82, 2.24) is 10.2 Å². The largest absolute Gasteiger partial charge is 0.496 e. The Morgan fingerprint density at radius 3 is 2.36 bits per heavy atom. The molecule has 47 heavy (non-hydrogen) atoms. The Kier molecular flexibility index (Phi) is 10.3. The van der Waals surface area contributed by atoms with E-state index in [0.717, 1.165) is 4.90 Å². The van der Waals surface area contributed by atoms with Crippen LogP contribution in [0, 0.1) is 0 Å². The number of rotatable bonds is 8. The van der Waals surface area contributed by atoms with Gasteiger partial charge in [-0.05, 0) is 68.8 Å². The number of benzene rings is 3. The lowest BCUT2D eigenvalue weighted by molar-refractivity contribution is -0.130. The Morgan fingerprint density at radius 1 is 1.02 bits per heavy atom. The summed E-state index contributed by atoms with van der Waals surface area (Å²) >= 11 is 0. The van der Waals surface area contributed by atoms with Crippen molar-refractivity contribution in [2.75, 3.05) is 39.9 Å². The van der Waals surface area contributed by atoms with Crippen molar-refractivity contribution in [2.45, 2.75) is 51.9 Å². The van der Waals surface area contributed by atoms with Gasteiger partial charge in [0.25, 0.3) is 5.91 Å². The molecule has 0 aliphatic carbocycles. The van der Waals surface area contributed by atoms with E-state index in [1.807, 2.05) is 0 Å². The lowest BCUT2D eigenvalue weighted by Gasteiger charge is -2.30. The average molecular weight is 650 g/mol. The molecular formula is C34H39N3O10. The van der Waals surface area contributed by atoms with Crippen LogP contribution in [0.15, 0.2) is 48.5 Å². The molecule has 13 nitrogen and oxygen atoms in total. The molecule has 2 atom stereocenters. The first kappa shape index (κ1) is 34.5. The molecule has 1 aliphatic rings. The summed E-state index contributed by atoms with van der Waals surface area (Å²) in [5, 5.41) is 4.09. The van der Waals surface area contributed by atoms with Gasteiger partial charge in [0, 0.05) is 12.6 Å². The highest BCUT2D eigenvalue weighted by Crippen LogP contribution is 2.38. The second-order valence-corrected chi connectivity index (χ2v) is 11.9. The van der Waals surface area contributed by atoms with Gasteiger partial charge < -0.3 is 33.9 Å². The lowest BCUT2D eigenvalue weighted by Crippen LogP contribution is -2.55. The first-order chi connectivity index (χ1) is 22.2. The van der Waals surface area contributed by atoms with Crippen LogP contribution in [0.5, 0.6) is 11.5 Å². The van der Waals surface area contributed by atoms with E-state index in [4.69, 9.17) is 23.7 Å². The van der Waals surface area contributed by atoms with Gasteiger partial charge in [0.1, 0.15) is 35.6 Å². The Balaban J connectivity index is 1.76. The summed E-state index contributed by atoms with van der Waals surface area (Å²) in [6.45, 7) is 6.25. The molecular weight excluding hydrogens is 610 g/mol. The zero-order valence-corrected chi connectivity index (χ0v) is 27.7. The van der Waals surface area contributed by atoms with Crippen molar-refractivity contribution in [2.24, 2.45) is 0 Å². The molecule has 0 bridgehead atoms. The first-order valence-electron chi connectivity index (χ1n) is 14.8. The number of ether oxygens (including phenoxy) is 5. The summed E-state index contributed by atoms with van der Waals surface area (Å²) in [5.74, 6) is -1.80. The maximum absolute atomic E-state index is 14.3. The van der Waals surface area contributed by atoms with E-state index in [1.54, 1.807) is 63.2 Å². The van der Waals surface area contributed by atoms with Crippen LogP contribution in [0.2, 0.25) is 0 Å². The van der Waals surface area contributed by atoms with Crippen LogP contribution in [-0.4, -0.2) is 87.4 Å². The number of nitrogens with one attached hydrogen (secondary N) is 1. The van der Waals surface area contributed by atoms with E-state index >= 15 is 0 Å². The number of esters is 2. The Hall–Kier alpha value is -5.33. The maximum Gasteiger partial charge on any atom is 0.410 e. The van der Waals surface area contributed by atoms with Gasteiger partial charge in [-0.25, -0.2) is 14.4 Å². The van der Waals surface area contributed by atoms with Gasteiger partial charge in [-0.15, -0.1) is 0 Å². The highest BCUT2D eigenvalue weighted by Gasteiger charge is 2.37. The summed E-state index contributed by atoms with van der Waals surface area (Å²) in [6.07, 6.45) is -0.709. The molecule has 0 saturated carbocycles. The number of fused-ring (bicyclic) bond motifs is 2. The molecule has 13 heteroatoms. The van der Waals surface area contributed by atoms with Gasteiger partial charge in [0.2, 0.25) is 5.91 Å². The molecule has 0 aromatic heterocycles. The Bertz CT molecular complexity index is 1710. The van der Waals surface area contributed by atoms with Gasteiger partial charge in [0.05, 0.1) is 39.1 Å². The average Bonchev–Trinajstić information content (AvgIpc) is 3.18. The number of methoxy groups -OCH3 is 3. The molecule has 1 N–H and O–H groups in total. The highest BCUT2D eigenvalue weighted by molar-refractivity contribution is 6.05. The molecule has 1 aliphatic heterocycles. The number of likely N-dealkylation sites (N-methyl/N-ethyl adjacent to an activating group) is 1. The molecule has 3 amide bonds. The zero-order chi connectivity index (χ0) is 34.6. The molecule has 3 aromatic rings. The molecule has 0 spiro atoms. The van der Waals surface area contributed by atoms with E-state index in [0.29, 0.717) is 27.6 Å². The number of para-hydroxylation sites is 1. The van der Waals surface area contributed by atoms with E-state index in [9.17, 15) is 24.0 Å². The van der Waals surface area contributed by atoms with E-state index in [1.165, 1.54) is 46.3 Å². The number of nitrogens with zero attached hydrogens (tertiary/aromatic N) is 2. The minimum absolute atomic E-state index is 0.0718. The topological polar surface area (TPSA) is 150 Å². The number of carbonyl (C=O) groups excluding carboxylic acids is 5. The van der Waals surface area contributed by atoms with E-state index in [-0.39, 0.29) is 30.2 Å². The van der Waals surface area contributed by atoms with Crippen LogP contribution in [0.25, 0.3) is 10.8 Å². The fourth-order valence-corrected chi connectivity index (χ4v) is 5.06. The fourth-order valence-electron chi connectivity index (χ4n) is 5.06. The van der Waals surface area contributed by atoms with Crippen molar-refractivity contribution >= 4 is 46.3 Å². The molecule has 0 saturated heterocycles. The van der Waals surface area contributed by atoms with Crippen molar-refractivity contribution in [3.63, 3.8) is 0 Å². The minimum atomic E-state index is -1.22. The van der Waals surface area contributed by atoms with Crippen LogP contribution in [0.3, 0.4) is 0 Å². The second kappa shape index (κ2) is 14.0. The molecule has 0 radical (unpaired) electrons. The van der Waals surface area contributed by atoms with Crippen LogP contribution < -0.4 is 19.7 Å². The van der Waals surface area contributed by atoms with Crippen LogP contribution >= 0.6 is 0 Å². The van der Waals surface area contributed by atoms with Crippen molar-refractivity contribution in [1.29, 1.82) is 0 Å². The Morgan fingerprint density at radius 2 is 1.72 bits per heavy atom. The maximum atomic E-state index is 14.3. The summed E-state index contributed by atoms with van der Waals surface area (Å²) < 4.78 is 26.9. The SMILES string of the molecule is COC(=O)c1ccc2c(CN3C(=O)C(NC(=O)C(C)N(C)C(=O)OC(C)(C)C)COc4c(C(=O)OC)cccc43)c(OC)ccc2c1. The van der Waals surface area contributed by atoms with Crippen LogP contribution in [0.4, 0.5) is 10.5 Å². The number of hydrogen-bond acceptors (Lipinski definition) is 10. The second-order valence-electron chi connectivity index (χ2n) is 11.9. The number of amides is 3. The van der Waals surface area contributed by atoms with Gasteiger partial charge >= 0.3 is 18.0 Å². The van der Waals surface area contributed by atoms with Crippen LogP contribution in [-0.2, 0) is 30.3 Å². The van der Waals surface area contributed by atoms with E-state index < -0.39 is 47.5 Å². The zero-order valence-electron chi connectivity index (χ0n) is 27.7. The standard InChI is InChI=1S/C34H39N3O10/c1-19(36(5)33(42)47-34(2,3)4)29(38)35-25-18-46-28-23(32(41)45-8)10-9-11-26(28)37(30(25)39)17-24-22-14-12-21(31(40)44-7)16-20(22)13-15-27(24)43-6/h9-16,19,25H,17-18H2,1-8H3,(H,35,38). The van der Waals surface area contributed by atoms with E-state index in [2.05, 4.69) is 5.32 Å². The number of carbonyl (C=O) groups is 5. The smallest absolute Gasteiger partial charge is 0.410 e. The third kappa shape index (κ3) is 7.40. The molecule has 4 rings (SSSR count). The first-order valence-corrected chi connectivity index (χ1v) is 14.8. The summed E-state index contributed by atoms with van der Waals surface area (Å²) in [7, 11) is 5.45. The van der Waals surface area contributed by atoms with Crippen molar-refractivity contribution < 1.29 is 47.7 Å². The predicted octanol–water partition coefficient (Wildman–Crippen LogP) is 4.09. The molecule has 2 unspecified atom stereocenters. The summed E-state index contributed by atoms with van der Waals surface area (Å²) in [5.41, 5.74) is 0.505. The highest BCUT2D eigenvalue weighted by atomic mass is 16.6. The summed E-state index contributed by atoms with van der Waals surface area (Å²) in [4.78, 5) is 67.9. The van der Waals surface area contributed by atoms with Gasteiger partial charge in [0.15, 0.2) is 5.75 Å². The molecule has 3 aromatic carbocycles. The fraction of sp³-hybridized carbons (Fsp3) is 0.382. The minimum Gasteiger partial charge on any atom is -0.496 e. The predicted molar refractivity (Wildman–Crippen MR) is 172 cm³/mol. The van der Waals surface area contributed by atoms with Gasteiger partial charge in [-0.3, -0.25) is 14.5 Å². The van der Waals surface area contributed by atoms with Crippen molar-refractivity contribution in [3.8, 4) is 11.5 Å². The third-order valence-electron chi connectivity index (χ3n) is 7.65. The number of anilines is 1. The quantitative estimate of drug-likeness (QED) is 0.279. The monoisotopic (exact) mass is 649 g/mol. The normalized spacial score (nSPS) is 15.0. The van der Waals surface area contributed by atoms with Gasteiger partial charge in [-0.1, -0.05) is 18.2 Å². The third-order valence-corrected chi connectivity index (χ3v) is 7.65. The summed E-state index contributed by atoms with van der Waals surface area (Å²) in [6, 6.07) is 11.0. The van der Waals surface area contributed by atoms with Gasteiger partial charge in [-0.2, -0.15) is 0 Å². The molecule has 250 valence electrons. The van der Waals surface area contributed by atoms with Crippen LogP contribution in [0.1, 0.15) is 54.0 Å². The lowest BCUT2D eigenvalue weighted by atomic mass is 10.00. The molecule has 1 heterocycles. The van der Waals surface area contributed by atoms with Crippen molar-refractivity contribution in [3.05, 3.63) is 65.2 Å². The number of hydrogen-bond donors (Lipinski definition) is 1. The Labute approximate surface area is 272 Å². The molecule has 0 fully saturated rings.